The predicted octanol–water partition coefficient (Wildman–Crippen LogP) is 3.96. The van der Waals surface area contributed by atoms with Gasteiger partial charge in [-0.3, -0.25) is 16.0 Å². The van der Waals surface area contributed by atoms with E-state index in [9.17, 15) is 0 Å². The van der Waals surface area contributed by atoms with Crippen molar-refractivity contribution >= 4 is 27.3 Å². The van der Waals surface area contributed by atoms with Crippen LogP contribution in [0, 0.1) is 0 Å². The van der Waals surface area contributed by atoms with Crippen molar-refractivity contribution in [2.75, 3.05) is 0 Å². The van der Waals surface area contributed by atoms with Crippen LogP contribution in [0.25, 0.3) is 0 Å². The van der Waals surface area contributed by atoms with E-state index in [-0.39, 0.29) is 6.04 Å². The molecular weight excluding hydrogens is 348 g/mol. The van der Waals surface area contributed by atoms with Gasteiger partial charge in [0, 0.05) is 22.0 Å². The normalized spacial score (nSPS) is 18.0. The average molecular weight is 369 g/mol. The van der Waals surface area contributed by atoms with Crippen LogP contribution in [0.5, 0.6) is 0 Å². The Hall–Kier alpha value is -0.690. The van der Waals surface area contributed by atoms with Crippen LogP contribution < -0.4 is 11.3 Å². The Morgan fingerprint density at radius 1 is 1.38 bits per heavy atom. The minimum absolute atomic E-state index is 0.106. The number of hydrazine groups is 1. The third kappa shape index (κ3) is 3.56. The maximum Gasteiger partial charge on any atom is 0.0644 e. The minimum Gasteiger partial charge on any atom is -0.271 e. The van der Waals surface area contributed by atoms with Gasteiger partial charge in [-0.15, -0.1) is 11.3 Å². The molecule has 0 bridgehead atoms. The molecule has 2 aromatic heterocycles. The molecule has 0 amide bonds. The van der Waals surface area contributed by atoms with Gasteiger partial charge >= 0.3 is 0 Å². The molecule has 1 fully saturated rings. The fourth-order valence-corrected chi connectivity index (χ4v) is 4.74. The lowest BCUT2D eigenvalue weighted by Crippen LogP contribution is -2.29. The minimum atomic E-state index is 0.106. The van der Waals surface area contributed by atoms with Crippen LogP contribution in [0.4, 0.5) is 0 Å². The number of halogens is 1. The molecular formula is C15H21BrN4S. The molecule has 3 N–H and O–H groups in total. The van der Waals surface area contributed by atoms with Crippen molar-refractivity contribution in [1.29, 1.82) is 0 Å². The standard InChI is InChI=1S/C15H21BrN4S/c16-13-7-9-21-15(13)14(18-17)10-11-6-8-20(19-11)12-4-2-1-3-5-12/h6-9,12,14,18H,1-5,10,17H2. The largest absolute Gasteiger partial charge is 0.271 e. The highest BCUT2D eigenvalue weighted by Crippen LogP contribution is 2.31. The first-order valence-corrected chi connectivity index (χ1v) is 9.18. The Kier molecular flexibility index (Phi) is 5.11. The van der Waals surface area contributed by atoms with Crippen molar-refractivity contribution < 1.29 is 0 Å². The molecule has 3 rings (SSSR count). The van der Waals surface area contributed by atoms with Gasteiger partial charge in [-0.25, -0.2) is 0 Å². The summed E-state index contributed by atoms with van der Waals surface area (Å²) in [5.41, 5.74) is 4.01. The van der Waals surface area contributed by atoms with Crippen molar-refractivity contribution in [2.45, 2.75) is 50.6 Å². The first-order valence-electron chi connectivity index (χ1n) is 7.51. The zero-order valence-electron chi connectivity index (χ0n) is 12.0. The highest BCUT2D eigenvalue weighted by Gasteiger charge is 2.19. The van der Waals surface area contributed by atoms with Crippen LogP contribution in [-0.4, -0.2) is 9.78 Å². The molecule has 0 radical (unpaired) electrons. The molecule has 114 valence electrons. The highest BCUT2D eigenvalue weighted by molar-refractivity contribution is 9.10. The van der Waals surface area contributed by atoms with Crippen LogP contribution >= 0.6 is 27.3 Å². The van der Waals surface area contributed by atoms with Gasteiger partial charge in [-0.2, -0.15) is 5.10 Å². The Balaban J connectivity index is 1.69. The maximum absolute atomic E-state index is 5.73. The molecule has 1 atom stereocenters. The fourth-order valence-electron chi connectivity index (χ4n) is 3.03. The Bertz CT molecular complexity index is 574. The maximum atomic E-state index is 5.73. The van der Waals surface area contributed by atoms with Crippen LogP contribution in [0.15, 0.2) is 28.2 Å². The van der Waals surface area contributed by atoms with E-state index in [1.807, 2.05) is 0 Å². The van der Waals surface area contributed by atoms with Gasteiger partial charge in [0.25, 0.3) is 0 Å². The molecule has 2 aromatic rings. The third-order valence-electron chi connectivity index (χ3n) is 4.19. The van der Waals surface area contributed by atoms with Crippen molar-refractivity contribution in [2.24, 2.45) is 5.84 Å². The lowest BCUT2D eigenvalue weighted by molar-refractivity contribution is 0.327. The first-order chi connectivity index (χ1) is 10.3. The predicted molar refractivity (Wildman–Crippen MR) is 90.1 cm³/mol. The van der Waals surface area contributed by atoms with E-state index < -0.39 is 0 Å². The molecule has 0 aromatic carbocycles. The summed E-state index contributed by atoms with van der Waals surface area (Å²) in [6.45, 7) is 0. The second-order valence-corrected chi connectivity index (χ2v) is 7.44. The van der Waals surface area contributed by atoms with Gasteiger partial charge in [0.1, 0.15) is 0 Å². The smallest absolute Gasteiger partial charge is 0.0644 e. The summed E-state index contributed by atoms with van der Waals surface area (Å²) in [7, 11) is 0. The molecule has 1 aliphatic carbocycles. The van der Waals surface area contributed by atoms with E-state index in [1.54, 1.807) is 11.3 Å². The van der Waals surface area contributed by atoms with E-state index in [2.05, 4.69) is 49.7 Å². The summed E-state index contributed by atoms with van der Waals surface area (Å²) in [6, 6.07) is 4.88. The number of nitrogens with two attached hydrogens (primary N) is 1. The summed E-state index contributed by atoms with van der Waals surface area (Å²) in [4.78, 5) is 1.23. The van der Waals surface area contributed by atoms with Crippen molar-refractivity contribution in [1.82, 2.24) is 15.2 Å². The van der Waals surface area contributed by atoms with Crippen LogP contribution in [0.1, 0.15) is 54.8 Å². The number of hydrogen-bond donors (Lipinski definition) is 2. The van der Waals surface area contributed by atoms with Gasteiger partial charge < -0.3 is 0 Å². The van der Waals surface area contributed by atoms with E-state index in [1.165, 1.54) is 37.0 Å². The molecule has 4 nitrogen and oxygen atoms in total. The Morgan fingerprint density at radius 3 is 2.86 bits per heavy atom. The number of rotatable bonds is 5. The summed E-state index contributed by atoms with van der Waals surface area (Å²) in [6.07, 6.45) is 9.49. The van der Waals surface area contributed by atoms with Crippen molar-refractivity contribution in [3.05, 3.63) is 38.8 Å². The van der Waals surface area contributed by atoms with E-state index >= 15 is 0 Å². The number of nitrogens with one attached hydrogen (secondary N) is 1. The molecule has 2 heterocycles. The molecule has 1 saturated carbocycles. The molecule has 0 aliphatic heterocycles. The molecule has 1 aliphatic rings. The van der Waals surface area contributed by atoms with Gasteiger partial charge in [0.05, 0.1) is 17.8 Å². The molecule has 21 heavy (non-hydrogen) atoms. The topological polar surface area (TPSA) is 55.9 Å². The van der Waals surface area contributed by atoms with Gasteiger partial charge in [-0.05, 0) is 46.3 Å². The van der Waals surface area contributed by atoms with Crippen molar-refractivity contribution in [3.63, 3.8) is 0 Å². The monoisotopic (exact) mass is 368 g/mol. The molecule has 0 spiro atoms. The van der Waals surface area contributed by atoms with Crippen molar-refractivity contribution in [3.8, 4) is 0 Å². The summed E-state index contributed by atoms with van der Waals surface area (Å²) in [5, 5.41) is 6.85. The van der Waals surface area contributed by atoms with Crippen LogP contribution in [-0.2, 0) is 6.42 Å². The summed E-state index contributed by atoms with van der Waals surface area (Å²) >= 11 is 5.29. The zero-order valence-corrected chi connectivity index (χ0v) is 14.4. The van der Waals surface area contributed by atoms with Crippen LogP contribution in [0.3, 0.4) is 0 Å². The van der Waals surface area contributed by atoms with E-state index in [4.69, 9.17) is 10.9 Å². The molecule has 1 unspecified atom stereocenters. The second kappa shape index (κ2) is 7.05. The van der Waals surface area contributed by atoms with Crippen LogP contribution in [0.2, 0.25) is 0 Å². The SMILES string of the molecule is NNC(Cc1ccn(C2CCCCC2)n1)c1sccc1Br. The Labute approximate surface area is 137 Å². The van der Waals surface area contributed by atoms with Gasteiger partial charge in [0.15, 0.2) is 0 Å². The number of aromatic nitrogens is 2. The lowest BCUT2D eigenvalue weighted by Gasteiger charge is -2.22. The van der Waals surface area contributed by atoms with Gasteiger partial charge in [0.2, 0.25) is 0 Å². The zero-order chi connectivity index (χ0) is 14.7. The summed E-state index contributed by atoms with van der Waals surface area (Å²) in [5.74, 6) is 5.73. The van der Waals surface area contributed by atoms with E-state index in [0.29, 0.717) is 6.04 Å². The van der Waals surface area contributed by atoms with Gasteiger partial charge in [-0.1, -0.05) is 19.3 Å². The molecule has 0 saturated heterocycles. The number of thiophene rings is 1. The fraction of sp³-hybridized carbons (Fsp3) is 0.533. The molecule has 6 heteroatoms. The lowest BCUT2D eigenvalue weighted by atomic mass is 9.96. The Morgan fingerprint density at radius 2 is 2.19 bits per heavy atom. The third-order valence-corrected chi connectivity index (χ3v) is 6.17. The van der Waals surface area contributed by atoms with E-state index in [0.717, 1.165) is 16.6 Å². The average Bonchev–Trinajstić information content (AvgIpc) is 3.15. The summed E-state index contributed by atoms with van der Waals surface area (Å²) < 4.78 is 3.27. The number of nitrogens with zero attached hydrogens (tertiary/aromatic N) is 2. The highest BCUT2D eigenvalue weighted by atomic mass is 79.9. The number of hydrogen-bond acceptors (Lipinski definition) is 4. The second-order valence-electron chi connectivity index (χ2n) is 5.64. The quantitative estimate of drug-likeness (QED) is 0.620. The first kappa shape index (κ1) is 15.2.